The van der Waals surface area contributed by atoms with Gasteiger partial charge in [0.15, 0.2) is 17.3 Å². The third-order valence-electron chi connectivity index (χ3n) is 5.94. The van der Waals surface area contributed by atoms with Crippen LogP contribution in [-0.2, 0) is 6.54 Å². The number of nitriles is 1. The van der Waals surface area contributed by atoms with Gasteiger partial charge in [-0.2, -0.15) is 5.26 Å². The first-order valence-electron chi connectivity index (χ1n) is 9.55. The van der Waals surface area contributed by atoms with Gasteiger partial charge < -0.3 is 0 Å². The number of fused-ring (bicyclic) bond motifs is 2. The molecule has 2 fully saturated rings. The third kappa shape index (κ3) is 3.63. The first kappa shape index (κ1) is 17.8. The highest BCUT2D eigenvalue weighted by Gasteiger charge is 2.40. The third-order valence-corrected chi connectivity index (χ3v) is 5.94. The molecule has 27 heavy (non-hydrogen) atoms. The molecule has 2 saturated heterocycles. The second kappa shape index (κ2) is 7.58. The van der Waals surface area contributed by atoms with Gasteiger partial charge in [0.05, 0.1) is 0 Å². The Morgan fingerprint density at radius 2 is 1.93 bits per heavy atom. The fraction of sp³-hybridized carbons (Fsp3) is 0.409. The summed E-state index contributed by atoms with van der Waals surface area (Å²) in [4.78, 5) is 19.3. The van der Waals surface area contributed by atoms with Crippen molar-refractivity contribution in [3.8, 4) is 6.07 Å². The van der Waals surface area contributed by atoms with Gasteiger partial charge in [0.1, 0.15) is 6.07 Å². The summed E-state index contributed by atoms with van der Waals surface area (Å²) >= 11 is 0. The van der Waals surface area contributed by atoms with Crippen molar-refractivity contribution in [3.05, 3.63) is 65.2 Å². The summed E-state index contributed by atoms with van der Waals surface area (Å²) < 4.78 is 13.9. The van der Waals surface area contributed by atoms with Crippen LogP contribution < -0.4 is 0 Å². The Hall–Kier alpha value is -2.58. The first-order valence-corrected chi connectivity index (χ1v) is 9.55. The zero-order valence-electron chi connectivity index (χ0n) is 15.1. The standard InChI is InChI=1S/C22H22FN3O/c23-20-11-17(13-25-21(20)12-24)22(27)16-9-18-7-4-8-19(10-16)26(18)14-15-5-2-1-3-6-15/h1-3,5-6,11,13,16,18-19H,4,7-10,14H2. The first-order chi connectivity index (χ1) is 13.2. The Kier molecular flexibility index (Phi) is 5.00. The number of pyridine rings is 1. The van der Waals surface area contributed by atoms with Crippen molar-refractivity contribution in [1.82, 2.24) is 9.88 Å². The number of hydrogen-bond donors (Lipinski definition) is 0. The van der Waals surface area contributed by atoms with Crippen molar-refractivity contribution in [2.45, 2.75) is 50.7 Å². The fourth-order valence-electron chi connectivity index (χ4n) is 4.64. The van der Waals surface area contributed by atoms with Crippen LogP contribution in [0.5, 0.6) is 0 Å². The van der Waals surface area contributed by atoms with E-state index < -0.39 is 5.82 Å². The van der Waals surface area contributed by atoms with Crippen LogP contribution in [0.15, 0.2) is 42.6 Å². The van der Waals surface area contributed by atoms with E-state index in [0.29, 0.717) is 12.1 Å². The quantitative estimate of drug-likeness (QED) is 0.767. The SMILES string of the molecule is N#Cc1ncc(C(=O)C2CC3CCCC(C2)N3Cc2ccccc2)cc1F. The molecule has 3 heterocycles. The monoisotopic (exact) mass is 363 g/mol. The number of carbonyl (C=O) groups is 1. The van der Waals surface area contributed by atoms with E-state index in [1.54, 1.807) is 6.07 Å². The van der Waals surface area contributed by atoms with Crippen molar-refractivity contribution in [2.24, 2.45) is 5.92 Å². The Morgan fingerprint density at radius 3 is 2.56 bits per heavy atom. The van der Waals surface area contributed by atoms with Crippen LogP contribution in [0.1, 0.15) is 53.7 Å². The molecule has 4 rings (SSSR count). The van der Waals surface area contributed by atoms with Crippen LogP contribution in [0.2, 0.25) is 0 Å². The molecule has 0 aliphatic carbocycles. The summed E-state index contributed by atoms with van der Waals surface area (Å²) in [6.45, 7) is 0.921. The van der Waals surface area contributed by atoms with E-state index in [0.717, 1.165) is 32.2 Å². The number of ketones is 1. The number of benzene rings is 1. The number of aromatic nitrogens is 1. The average Bonchev–Trinajstić information content (AvgIpc) is 2.68. The summed E-state index contributed by atoms with van der Waals surface area (Å²) in [7, 11) is 0. The molecule has 2 unspecified atom stereocenters. The van der Waals surface area contributed by atoms with Gasteiger partial charge in [-0.3, -0.25) is 9.69 Å². The lowest BCUT2D eigenvalue weighted by atomic mass is 9.75. The molecule has 0 saturated carbocycles. The number of hydrogen-bond acceptors (Lipinski definition) is 4. The molecule has 1 aromatic carbocycles. The Bertz CT molecular complexity index is 863. The zero-order valence-corrected chi connectivity index (χ0v) is 15.1. The molecule has 0 amide bonds. The minimum Gasteiger partial charge on any atom is -0.294 e. The van der Waals surface area contributed by atoms with Gasteiger partial charge in [-0.15, -0.1) is 0 Å². The maximum Gasteiger partial charge on any atom is 0.176 e. The molecule has 5 heteroatoms. The molecule has 138 valence electrons. The maximum atomic E-state index is 13.9. The Labute approximate surface area is 158 Å². The molecule has 2 aliphatic rings. The summed E-state index contributed by atoms with van der Waals surface area (Å²) in [6.07, 6.45) is 6.37. The number of rotatable bonds is 4. The van der Waals surface area contributed by atoms with E-state index in [-0.39, 0.29) is 23.0 Å². The summed E-state index contributed by atoms with van der Waals surface area (Å²) in [5.74, 6) is -0.853. The largest absolute Gasteiger partial charge is 0.294 e. The van der Waals surface area contributed by atoms with Crippen LogP contribution in [0.4, 0.5) is 4.39 Å². The summed E-state index contributed by atoms with van der Waals surface area (Å²) in [5, 5.41) is 8.81. The number of carbonyl (C=O) groups excluding carboxylic acids is 1. The predicted molar refractivity (Wildman–Crippen MR) is 99.4 cm³/mol. The van der Waals surface area contributed by atoms with Gasteiger partial charge >= 0.3 is 0 Å². The Balaban J connectivity index is 1.50. The minimum absolute atomic E-state index is 0.0397. The minimum atomic E-state index is -0.718. The van der Waals surface area contributed by atoms with Gasteiger partial charge in [0.2, 0.25) is 0 Å². The highest BCUT2D eigenvalue weighted by Crippen LogP contribution is 2.39. The molecular formula is C22H22FN3O. The lowest BCUT2D eigenvalue weighted by Gasteiger charge is -2.48. The summed E-state index contributed by atoms with van der Waals surface area (Å²) in [5.41, 5.74) is 1.32. The molecule has 2 aliphatic heterocycles. The van der Waals surface area contributed by atoms with E-state index in [4.69, 9.17) is 5.26 Å². The normalized spacial score (nSPS) is 25.0. The number of piperidine rings is 2. The summed E-state index contributed by atoms with van der Waals surface area (Å²) in [6, 6.07) is 14.1. The molecule has 0 spiro atoms. The van der Waals surface area contributed by atoms with E-state index in [9.17, 15) is 9.18 Å². The van der Waals surface area contributed by atoms with Crippen molar-refractivity contribution in [1.29, 1.82) is 5.26 Å². The zero-order chi connectivity index (χ0) is 18.8. The van der Waals surface area contributed by atoms with E-state index in [1.165, 1.54) is 24.2 Å². The van der Waals surface area contributed by atoms with E-state index >= 15 is 0 Å². The molecule has 2 aromatic rings. The molecule has 0 N–H and O–H groups in total. The molecule has 2 atom stereocenters. The van der Waals surface area contributed by atoms with Crippen LogP contribution in [0, 0.1) is 23.1 Å². The van der Waals surface area contributed by atoms with Crippen molar-refractivity contribution >= 4 is 5.78 Å². The second-order valence-corrected chi connectivity index (χ2v) is 7.60. The highest BCUT2D eigenvalue weighted by atomic mass is 19.1. The fourth-order valence-corrected chi connectivity index (χ4v) is 4.64. The molecule has 1 aromatic heterocycles. The van der Waals surface area contributed by atoms with Crippen molar-refractivity contribution in [2.75, 3.05) is 0 Å². The number of Topliss-reactive ketones (excluding diaryl/α,β-unsaturated/α-hetero) is 1. The van der Waals surface area contributed by atoms with Gasteiger partial charge in [-0.1, -0.05) is 36.8 Å². The van der Waals surface area contributed by atoms with E-state index in [1.807, 2.05) is 6.07 Å². The molecule has 4 nitrogen and oxygen atoms in total. The van der Waals surface area contributed by atoms with Crippen LogP contribution in [-0.4, -0.2) is 27.8 Å². The molecule has 2 bridgehead atoms. The van der Waals surface area contributed by atoms with Crippen LogP contribution in [0.25, 0.3) is 0 Å². The van der Waals surface area contributed by atoms with Crippen molar-refractivity contribution in [3.63, 3.8) is 0 Å². The smallest absolute Gasteiger partial charge is 0.176 e. The van der Waals surface area contributed by atoms with Gasteiger partial charge in [-0.25, -0.2) is 9.37 Å². The second-order valence-electron chi connectivity index (χ2n) is 7.60. The topological polar surface area (TPSA) is 57.0 Å². The van der Waals surface area contributed by atoms with Crippen LogP contribution in [0.3, 0.4) is 0 Å². The van der Waals surface area contributed by atoms with Gasteiger partial charge in [0.25, 0.3) is 0 Å². The average molecular weight is 363 g/mol. The van der Waals surface area contributed by atoms with Crippen LogP contribution >= 0.6 is 0 Å². The molecule has 0 radical (unpaired) electrons. The maximum absolute atomic E-state index is 13.9. The Morgan fingerprint density at radius 1 is 1.22 bits per heavy atom. The lowest BCUT2D eigenvalue weighted by molar-refractivity contribution is 0.00904. The molecular weight excluding hydrogens is 341 g/mol. The lowest BCUT2D eigenvalue weighted by Crippen LogP contribution is -2.52. The number of halogens is 1. The predicted octanol–water partition coefficient (Wildman–Crippen LogP) is 4.11. The number of nitrogens with zero attached hydrogens (tertiary/aromatic N) is 3. The van der Waals surface area contributed by atoms with Crippen molar-refractivity contribution < 1.29 is 9.18 Å². The van der Waals surface area contributed by atoms with Gasteiger partial charge in [0, 0.05) is 36.3 Å². The van der Waals surface area contributed by atoms with E-state index in [2.05, 4.69) is 34.1 Å². The highest BCUT2D eigenvalue weighted by molar-refractivity contribution is 5.97. The van der Waals surface area contributed by atoms with Gasteiger partial charge in [-0.05, 0) is 37.3 Å².